The fraction of sp³-hybridized carbons (Fsp3) is 0.714. The lowest BCUT2D eigenvalue weighted by atomic mass is 10.2. The molecule has 0 heterocycles. The number of hydrogen-bond acceptors (Lipinski definition) is 4. The lowest BCUT2D eigenvalue weighted by molar-refractivity contribution is -0.154. The average Bonchev–Trinajstić information content (AvgIpc) is 1.98. The third kappa shape index (κ3) is 3.72. The van der Waals surface area contributed by atoms with E-state index in [2.05, 4.69) is 4.74 Å². The fourth-order valence-corrected chi connectivity index (χ4v) is 0.655. The third-order valence-electron chi connectivity index (χ3n) is 1.22. The van der Waals surface area contributed by atoms with Crippen molar-refractivity contribution in [2.45, 2.75) is 19.4 Å². The van der Waals surface area contributed by atoms with Gasteiger partial charge >= 0.3 is 5.97 Å². The third-order valence-corrected chi connectivity index (χ3v) is 1.22. The highest BCUT2D eigenvalue weighted by molar-refractivity contribution is 5.84. The van der Waals surface area contributed by atoms with Crippen LogP contribution in [0.3, 0.4) is 0 Å². The molecule has 0 saturated carbocycles. The second kappa shape index (κ2) is 4.85. The summed E-state index contributed by atoms with van der Waals surface area (Å²) in [6, 6.07) is 0. The Labute approximate surface area is 65.5 Å². The number of ether oxygens (including phenoxy) is 2. The summed E-state index contributed by atoms with van der Waals surface area (Å²) in [6.45, 7) is 1.40. The zero-order valence-electron chi connectivity index (χ0n) is 6.92. The Morgan fingerprint density at radius 1 is 1.36 bits per heavy atom. The van der Waals surface area contributed by atoms with Crippen molar-refractivity contribution < 1.29 is 19.1 Å². The van der Waals surface area contributed by atoms with Gasteiger partial charge in [0, 0.05) is 13.5 Å². The van der Waals surface area contributed by atoms with Crippen LogP contribution in [0.15, 0.2) is 0 Å². The van der Waals surface area contributed by atoms with Gasteiger partial charge in [-0.25, -0.2) is 4.79 Å². The van der Waals surface area contributed by atoms with Crippen LogP contribution in [-0.4, -0.2) is 32.1 Å². The van der Waals surface area contributed by atoms with Crippen LogP contribution in [0.4, 0.5) is 0 Å². The molecule has 0 saturated heterocycles. The van der Waals surface area contributed by atoms with Crippen molar-refractivity contribution in [3.63, 3.8) is 0 Å². The summed E-state index contributed by atoms with van der Waals surface area (Å²) in [6.07, 6.45) is -0.680. The first-order valence-corrected chi connectivity index (χ1v) is 3.22. The van der Waals surface area contributed by atoms with Crippen molar-refractivity contribution >= 4 is 11.8 Å². The van der Waals surface area contributed by atoms with Gasteiger partial charge in [0.2, 0.25) is 0 Å². The number of hydrogen-bond donors (Lipinski definition) is 0. The number of ketones is 1. The van der Waals surface area contributed by atoms with Gasteiger partial charge in [0.25, 0.3) is 0 Å². The molecule has 0 amide bonds. The average molecular weight is 160 g/mol. The molecule has 0 aromatic rings. The lowest BCUT2D eigenvalue weighted by Gasteiger charge is -2.09. The molecule has 0 bridgehead atoms. The van der Waals surface area contributed by atoms with Gasteiger partial charge in [-0.1, -0.05) is 0 Å². The van der Waals surface area contributed by atoms with Crippen LogP contribution in [0.25, 0.3) is 0 Å². The van der Waals surface area contributed by atoms with Crippen LogP contribution in [0.2, 0.25) is 0 Å². The van der Waals surface area contributed by atoms with Gasteiger partial charge < -0.3 is 9.47 Å². The van der Waals surface area contributed by atoms with Crippen LogP contribution in [0.1, 0.15) is 13.3 Å². The van der Waals surface area contributed by atoms with Crippen LogP contribution < -0.4 is 0 Å². The predicted molar refractivity (Wildman–Crippen MR) is 38.1 cm³/mol. The Balaban J connectivity index is 3.94. The van der Waals surface area contributed by atoms with E-state index in [0.29, 0.717) is 0 Å². The van der Waals surface area contributed by atoms with E-state index in [-0.39, 0.29) is 12.2 Å². The van der Waals surface area contributed by atoms with Crippen LogP contribution in [-0.2, 0) is 19.1 Å². The first-order chi connectivity index (χ1) is 5.11. The summed E-state index contributed by atoms with van der Waals surface area (Å²) in [4.78, 5) is 21.3. The molecule has 11 heavy (non-hydrogen) atoms. The molecule has 0 rings (SSSR count). The van der Waals surface area contributed by atoms with E-state index in [1.54, 1.807) is 0 Å². The maximum absolute atomic E-state index is 10.8. The summed E-state index contributed by atoms with van der Waals surface area (Å²) in [5.74, 6) is -0.607. The van der Waals surface area contributed by atoms with Crippen molar-refractivity contribution in [3.05, 3.63) is 0 Å². The Morgan fingerprint density at radius 2 is 1.91 bits per heavy atom. The van der Waals surface area contributed by atoms with Crippen molar-refractivity contribution in [1.29, 1.82) is 0 Å². The van der Waals surface area contributed by atoms with Gasteiger partial charge in [-0.2, -0.15) is 0 Å². The Bertz CT molecular complexity index is 153. The zero-order valence-corrected chi connectivity index (χ0v) is 6.92. The van der Waals surface area contributed by atoms with Crippen molar-refractivity contribution in [2.75, 3.05) is 14.2 Å². The van der Waals surface area contributed by atoms with Gasteiger partial charge in [0.05, 0.1) is 7.11 Å². The minimum Gasteiger partial charge on any atom is -0.467 e. The van der Waals surface area contributed by atoms with Crippen LogP contribution >= 0.6 is 0 Å². The zero-order chi connectivity index (χ0) is 8.85. The monoisotopic (exact) mass is 160 g/mol. The molecule has 0 aliphatic carbocycles. The van der Waals surface area contributed by atoms with E-state index < -0.39 is 12.1 Å². The molecule has 0 radical (unpaired) electrons. The molecule has 0 aliphatic heterocycles. The molecule has 0 fully saturated rings. The standard InChI is InChI=1S/C7H12O4/c1-5(8)4-6(10-2)7(9)11-3/h6H,4H2,1-3H3/t6-/m0/s1. The van der Waals surface area contributed by atoms with E-state index >= 15 is 0 Å². The van der Waals surface area contributed by atoms with Gasteiger partial charge in [0.15, 0.2) is 6.10 Å². The molecule has 1 atom stereocenters. The van der Waals surface area contributed by atoms with Gasteiger partial charge in [-0.05, 0) is 6.92 Å². The summed E-state index contributed by atoms with van der Waals surface area (Å²) in [5.41, 5.74) is 0. The van der Waals surface area contributed by atoms with Gasteiger partial charge in [-0.15, -0.1) is 0 Å². The molecule has 64 valence electrons. The molecule has 0 spiro atoms. The van der Waals surface area contributed by atoms with Gasteiger partial charge in [0.1, 0.15) is 5.78 Å². The number of esters is 1. The van der Waals surface area contributed by atoms with Crippen LogP contribution in [0.5, 0.6) is 0 Å². The molecule has 0 aliphatic rings. The first kappa shape index (κ1) is 10.1. The molecular weight excluding hydrogens is 148 g/mol. The Kier molecular flexibility index (Phi) is 4.45. The second-order valence-corrected chi connectivity index (χ2v) is 2.15. The highest BCUT2D eigenvalue weighted by atomic mass is 16.6. The minimum atomic E-state index is -0.752. The lowest BCUT2D eigenvalue weighted by Crippen LogP contribution is -2.26. The summed E-state index contributed by atoms with van der Waals surface area (Å²) in [7, 11) is 2.62. The second-order valence-electron chi connectivity index (χ2n) is 2.15. The topological polar surface area (TPSA) is 52.6 Å². The molecule has 0 aromatic carbocycles. The summed E-state index contributed by atoms with van der Waals surface area (Å²) in [5, 5.41) is 0. The van der Waals surface area contributed by atoms with E-state index in [9.17, 15) is 9.59 Å². The number of rotatable bonds is 4. The number of methoxy groups -OCH3 is 2. The maximum Gasteiger partial charge on any atom is 0.335 e. The van der Waals surface area contributed by atoms with Crippen LogP contribution in [0, 0.1) is 0 Å². The fourth-order valence-electron chi connectivity index (χ4n) is 0.655. The highest BCUT2D eigenvalue weighted by Gasteiger charge is 2.19. The number of carbonyl (C=O) groups excluding carboxylic acids is 2. The molecule has 0 unspecified atom stereocenters. The quantitative estimate of drug-likeness (QED) is 0.549. The molecule has 4 nitrogen and oxygen atoms in total. The normalized spacial score (nSPS) is 12.3. The van der Waals surface area contributed by atoms with E-state index in [0.717, 1.165) is 0 Å². The molecule has 0 aromatic heterocycles. The van der Waals surface area contributed by atoms with Crippen molar-refractivity contribution in [3.8, 4) is 0 Å². The first-order valence-electron chi connectivity index (χ1n) is 3.22. The molecule has 4 heteroatoms. The Hall–Kier alpha value is -0.900. The number of Topliss-reactive ketones (excluding diaryl/α,β-unsaturated/α-hetero) is 1. The molecular formula is C7H12O4. The number of carbonyl (C=O) groups is 2. The summed E-state index contributed by atoms with van der Waals surface area (Å²) < 4.78 is 9.11. The minimum absolute atomic E-state index is 0.0726. The predicted octanol–water partition coefficient (Wildman–Crippen LogP) is 0.153. The summed E-state index contributed by atoms with van der Waals surface area (Å²) >= 11 is 0. The molecule has 0 N–H and O–H groups in total. The van der Waals surface area contributed by atoms with Crippen molar-refractivity contribution in [2.24, 2.45) is 0 Å². The largest absolute Gasteiger partial charge is 0.467 e. The maximum atomic E-state index is 10.8. The van der Waals surface area contributed by atoms with Gasteiger partial charge in [-0.3, -0.25) is 4.79 Å². The SMILES string of the molecule is COC(=O)[C@H](CC(C)=O)OC. The highest BCUT2D eigenvalue weighted by Crippen LogP contribution is 1.99. The van der Waals surface area contributed by atoms with E-state index in [4.69, 9.17) is 4.74 Å². The van der Waals surface area contributed by atoms with Crippen molar-refractivity contribution in [1.82, 2.24) is 0 Å². The van der Waals surface area contributed by atoms with E-state index in [1.807, 2.05) is 0 Å². The smallest absolute Gasteiger partial charge is 0.335 e. The Morgan fingerprint density at radius 3 is 2.18 bits per heavy atom. The van der Waals surface area contributed by atoms with E-state index in [1.165, 1.54) is 21.1 Å².